The molecule has 2 N–H and O–H groups in total. The van der Waals surface area contributed by atoms with Crippen molar-refractivity contribution in [2.45, 2.75) is 20.0 Å². The maximum Gasteiger partial charge on any atom is 0.297 e. The van der Waals surface area contributed by atoms with E-state index >= 15 is 0 Å². The Labute approximate surface area is 88.7 Å². The average Bonchev–Trinajstić information content (AvgIpc) is 2.65. The summed E-state index contributed by atoms with van der Waals surface area (Å²) in [6.45, 7) is 3.46. The second-order valence-corrected chi connectivity index (χ2v) is 3.37. The molecule has 1 heterocycles. The zero-order chi connectivity index (χ0) is 10.8. The van der Waals surface area contributed by atoms with Crippen LogP contribution < -0.4 is 10.5 Å². The molecule has 1 aromatic heterocycles. The van der Waals surface area contributed by atoms with E-state index in [2.05, 4.69) is 11.9 Å². The third-order valence-electron chi connectivity index (χ3n) is 2.51. The van der Waals surface area contributed by atoms with Gasteiger partial charge in [-0.3, -0.25) is 4.57 Å². The van der Waals surface area contributed by atoms with Gasteiger partial charge in [-0.15, -0.1) is 0 Å². The molecule has 80 valence electrons. The number of benzene rings is 1. The lowest BCUT2D eigenvalue weighted by Crippen LogP contribution is -1.98. The number of imidazole rings is 1. The van der Waals surface area contributed by atoms with Crippen LogP contribution in [0.25, 0.3) is 11.0 Å². The van der Waals surface area contributed by atoms with E-state index in [-0.39, 0.29) is 0 Å². The minimum absolute atomic E-state index is 0.539. The standard InChI is InChI=1S/C11H15N3O/c1-3-14-10-5-4-8(7-12)6-9(10)13-11(14)15-2/h4-6H,3,7,12H2,1-2H3. The smallest absolute Gasteiger partial charge is 0.297 e. The molecular weight excluding hydrogens is 190 g/mol. The van der Waals surface area contributed by atoms with Crippen LogP contribution in [0.1, 0.15) is 12.5 Å². The van der Waals surface area contributed by atoms with Gasteiger partial charge >= 0.3 is 0 Å². The molecule has 0 aliphatic rings. The first-order valence-electron chi connectivity index (χ1n) is 5.03. The molecule has 4 nitrogen and oxygen atoms in total. The van der Waals surface area contributed by atoms with E-state index < -0.39 is 0 Å². The van der Waals surface area contributed by atoms with E-state index in [1.54, 1.807) is 7.11 Å². The number of hydrogen-bond acceptors (Lipinski definition) is 3. The van der Waals surface area contributed by atoms with Crippen molar-refractivity contribution in [3.63, 3.8) is 0 Å². The number of ether oxygens (including phenoxy) is 1. The topological polar surface area (TPSA) is 53.1 Å². The van der Waals surface area contributed by atoms with E-state index in [0.717, 1.165) is 23.1 Å². The highest BCUT2D eigenvalue weighted by Crippen LogP contribution is 2.21. The Morgan fingerprint density at radius 2 is 2.27 bits per heavy atom. The third kappa shape index (κ3) is 1.57. The molecule has 0 aliphatic carbocycles. The van der Waals surface area contributed by atoms with Crippen molar-refractivity contribution in [1.82, 2.24) is 9.55 Å². The van der Waals surface area contributed by atoms with Crippen LogP contribution in [-0.2, 0) is 13.1 Å². The van der Waals surface area contributed by atoms with Crippen LogP contribution in [0.3, 0.4) is 0 Å². The van der Waals surface area contributed by atoms with Crippen molar-refractivity contribution in [1.29, 1.82) is 0 Å². The van der Waals surface area contributed by atoms with E-state index in [4.69, 9.17) is 10.5 Å². The number of fused-ring (bicyclic) bond motifs is 1. The fraction of sp³-hybridized carbons (Fsp3) is 0.364. The summed E-state index contributed by atoms with van der Waals surface area (Å²) >= 11 is 0. The van der Waals surface area contributed by atoms with Crippen molar-refractivity contribution < 1.29 is 4.74 Å². The lowest BCUT2D eigenvalue weighted by Gasteiger charge is -2.03. The molecule has 0 radical (unpaired) electrons. The molecule has 1 aromatic carbocycles. The minimum Gasteiger partial charge on any atom is -0.468 e. The van der Waals surface area contributed by atoms with Crippen molar-refractivity contribution in [3.8, 4) is 6.01 Å². The van der Waals surface area contributed by atoms with E-state index in [1.807, 2.05) is 22.8 Å². The first kappa shape index (κ1) is 9.98. The van der Waals surface area contributed by atoms with E-state index in [9.17, 15) is 0 Å². The Bertz CT molecular complexity index is 476. The third-order valence-corrected chi connectivity index (χ3v) is 2.51. The highest BCUT2D eigenvalue weighted by Gasteiger charge is 2.09. The molecule has 0 fully saturated rings. The van der Waals surface area contributed by atoms with Gasteiger partial charge in [-0.1, -0.05) is 6.07 Å². The Morgan fingerprint density at radius 3 is 2.87 bits per heavy atom. The highest BCUT2D eigenvalue weighted by atomic mass is 16.5. The van der Waals surface area contributed by atoms with Crippen LogP contribution >= 0.6 is 0 Å². The number of hydrogen-bond donors (Lipinski definition) is 1. The summed E-state index contributed by atoms with van der Waals surface area (Å²) in [6.07, 6.45) is 0. The monoisotopic (exact) mass is 205 g/mol. The molecule has 0 bridgehead atoms. The van der Waals surface area contributed by atoms with Gasteiger partial charge in [-0.05, 0) is 24.6 Å². The van der Waals surface area contributed by atoms with Gasteiger partial charge in [0.2, 0.25) is 0 Å². The number of aryl methyl sites for hydroxylation is 1. The second-order valence-electron chi connectivity index (χ2n) is 3.37. The molecule has 4 heteroatoms. The first-order chi connectivity index (χ1) is 7.30. The number of aromatic nitrogens is 2. The maximum absolute atomic E-state index is 5.58. The number of methoxy groups -OCH3 is 1. The fourth-order valence-corrected chi connectivity index (χ4v) is 1.74. The predicted octanol–water partition coefficient (Wildman–Crippen LogP) is 1.52. The molecule has 0 saturated carbocycles. The van der Waals surface area contributed by atoms with Gasteiger partial charge in [-0.2, -0.15) is 4.98 Å². The van der Waals surface area contributed by atoms with E-state index in [0.29, 0.717) is 12.6 Å². The predicted molar refractivity (Wildman–Crippen MR) is 59.9 cm³/mol. The van der Waals surface area contributed by atoms with Crippen LogP contribution in [0.2, 0.25) is 0 Å². The van der Waals surface area contributed by atoms with E-state index in [1.165, 1.54) is 0 Å². The molecule has 0 atom stereocenters. The highest BCUT2D eigenvalue weighted by molar-refractivity contribution is 5.77. The second kappa shape index (κ2) is 3.90. The van der Waals surface area contributed by atoms with Crippen LogP contribution in [0.5, 0.6) is 6.01 Å². The molecule has 2 aromatic rings. The molecular formula is C11H15N3O. The zero-order valence-electron chi connectivity index (χ0n) is 9.03. The lowest BCUT2D eigenvalue weighted by atomic mass is 10.2. The summed E-state index contributed by atoms with van der Waals surface area (Å²) in [5.74, 6) is 0. The summed E-state index contributed by atoms with van der Waals surface area (Å²) in [5.41, 5.74) is 8.70. The molecule has 0 aliphatic heterocycles. The molecule has 15 heavy (non-hydrogen) atoms. The van der Waals surface area contributed by atoms with Crippen molar-refractivity contribution in [2.24, 2.45) is 5.73 Å². The van der Waals surface area contributed by atoms with Gasteiger partial charge < -0.3 is 10.5 Å². The van der Waals surface area contributed by atoms with Gasteiger partial charge in [0.1, 0.15) is 0 Å². The largest absolute Gasteiger partial charge is 0.468 e. The Balaban J connectivity index is 2.65. The summed E-state index contributed by atoms with van der Waals surface area (Å²) in [7, 11) is 1.64. The lowest BCUT2D eigenvalue weighted by molar-refractivity contribution is 0.362. The first-order valence-corrected chi connectivity index (χ1v) is 5.03. The Kier molecular flexibility index (Phi) is 2.60. The van der Waals surface area contributed by atoms with Gasteiger partial charge in [0.05, 0.1) is 18.1 Å². The molecule has 0 amide bonds. The van der Waals surface area contributed by atoms with Crippen LogP contribution in [-0.4, -0.2) is 16.7 Å². The van der Waals surface area contributed by atoms with Crippen molar-refractivity contribution >= 4 is 11.0 Å². The van der Waals surface area contributed by atoms with Gasteiger partial charge in [-0.25, -0.2) is 0 Å². The van der Waals surface area contributed by atoms with Crippen molar-refractivity contribution in [3.05, 3.63) is 23.8 Å². The molecule has 2 rings (SSSR count). The van der Waals surface area contributed by atoms with Gasteiger partial charge in [0, 0.05) is 13.1 Å². The van der Waals surface area contributed by atoms with Crippen LogP contribution in [0.4, 0.5) is 0 Å². The summed E-state index contributed by atoms with van der Waals surface area (Å²) in [6, 6.07) is 6.72. The maximum atomic E-state index is 5.58. The Morgan fingerprint density at radius 1 is 1.47 bits per heavy atom. The quantitative estimate of drug-likeness (QED) is 0.826. The molecule has 0 spiro atoms. The molecule has 0 saturated heterocycles. The number of nitrogens with two attached hydrogens (primary N) is 1. The minimum atomic E-state index is 0.539. The average molecular weight is 205 g/mol. The van der Waals surface area contributed by atoms with Gasteiger partial charge in [0.15, 0.2) is 0 Å². The number of nitrogens with zero attached hydrogens (tertiary/aromatic N) is 2. The Hall–Kier alpha value is -1.55. The van der Waals surface area contributed by atoms with Crippen LogP contribution in [0, 0.1) is 0 Å². The summed E-state index contributed by atoms with van der Waals surface area (Å²) in [4.78, 5) is 4.40. The molecule has 0 unspecified atom stereocenters. The van der Waals surface area contributed by atoms with Crippen molar-refractivity contribution in [2.75, 3.05) is 7.11 Å². The number of rotatable bonds is 3. The zero-order valence-corrected chi connectivity index (χ0v) is 9.03. The van der Waals surface area contributed by atoms with Crippen LogP contribution in [0.15, 0.2) is 18.2 Å². The SMILES string of the molecule is CCn1c(OC)nc2cc(CN)ccc21. The normalized spacial score (nSPS) is 10.9. The summed E-state index contributed by atoms with van der Waals surface area (Å²) in [5, 5.41) is 0. The van der Waals surface area contributed by atoms with Gasteiger partial charge in [0.25, 0.3) is 6.01 Å². The summed E-state index contributed by atoms with van der Waals surface area (Å²) < 4.78 is 7.25. The fourth-order valence-electron chi connectivity index (χ4n) is 1.74.